The first kappa shape index (κ1) is 15.9. The van der Waals surface area contributed by atoms with Crippen molar-refractivity contribution < 1.29 is 19.0 Å². The van der Waals surface area contributed by atoms with E-state index >= 15 is 0 Å². The van der Waals surface area contributed by atoms with Gasteiger partial charge < -0.3 is 14.2 Å². The summed E-state index contributed by atoms with van der Waals surface area (Å²) in [6, 6.07) is 7.25. The quantitative estimate of drug-likeness (QED) is 0.520. The Morgan fingerprint density at radius 1 is 1.17 bits per heavy atom. The number of carbonyl (C=O) groups excluding carboxylic acids is 1. The average Bonchev–Trinajstić information content (AvgIpc) is 3.10. The maximum Gasteiger partial charge on any atom is 0.330 e. The van der Waals surface area contributed by atoms with Gasteiger partial charge >= 0.3 is 5.97 Å². The van der Waals surface area contributed by atoms with Crippen LogP contribution in [-0.4, -0.2) is 30.2 Å². The van der Waals surface area contributed by atoms with Crippen molar-refractivity contribution in [2.24, 2.45) is 0 Å². The number of thiophene rings is 1. The van der Waals surface area contributed by atoms with Crippen LogP contribution in [0.2, 0.25) is 0 Å². The number of nitrogens with zero attached hydrogens (tertiary/aromatic N) is 2. The summed E-state index contributed by atoms with van der Waals surface area (Å²) in [4.78, 5) is 20.4. The van der Waals surface area contributed by atoms with E-state index in [9.17, 15) is 4.79 Å². The molecule has 0 saturated heterocycles. The first-order valence-corrected chi connectivity index (χ1v) is 7.89. The van der Waals surface area contributed by atoms with E-state index in [2.05, 4.69) is 14.7 Å². The largest absolute Gasteiger partial charge is 0.493 e. The Bertz CT molecular complexity index is 904. The molecule has 0 aliphatic rings. The molecule has 0 bridgehead atoms. The Balaban J connectivity index is 1.89. The zero-order chi connectivity index (χ0) is 16.9. The summed E-state index contributed by atoms with van der Waals surface area (Å²) >= 11 is 1.52. The van der Waals surface area contributed by atoms with Crippen molar-refractivity contribution in [3.63, 3.8) is 0 Å². The average molecular weight is 342 g/mol. The van der Waals surface area contributed by atoms with Gasteiger partial charge in [0.15, 0.2) is 11.5 Å². The number of ether oxygens (including phenoxy) is 3. The summed E-state index contributed by atoms with van der Waals surface area (Å²) in [6.45, 7) is 0. The molecule has 0 aliphatic heterocycles. The molecule has 6 nitrogen and oxygen atoms in total. The molecule has 122 valence electrons. The monoisotopic (exact) mass is 342 g/mol. The third kappa shape index (κ3) is 3.36. The van der Waals surface area contributed by atoms with Crippen LogP contribution in [0.4, 0.5) is 0 Å². The topological polar surface area (TPSA) is 70.5 Å². The molecule has 0 fully saturated rings. The molecule has 1 aromatic carbocycles. The number of esters is 1. The van der Waals surface area contributed by atoms with Gasteiger partial charge in [-0.2, -0.15) is 0 Å². The van der Waals surface area contributed by atoms with Gasteiger partial charge in [0.1, 0.15) is 11.2 Å². The Labute approximate surface area is 142 Å². The molecule has 2 heterocycles. The van der Waals surface area contributed by atoms with E-state index in [-0.39, 0.29) is 0 Å². The smallest absolute Gasteiger partial charge is 0.330 e. The summed E-state index contributed by atoms with van der Waals surface area (Å²) in [6.07, 6.45) is 4.45. The Morgan fingerprint density at radius 2 is 2.04 bits per heavy atom. The van der Waals surface area contributed by atoms with E-state index < -0.39 is 5.97 Å². The minimum absolute atomic E-state index is 0.421. The second-order valence-electron chi connectivity index (χ2n) is 4.69. The van der Waals surface area contributed by atoms with Crippen LogP contribution < -0.4 is 9.47 Å². The molecule has 24 heavy (non-hydrogen) atoms. The molecule has 2 aromatic heterocycles. The van der Waals surface area contributed by atoms with Gasteiger partial charge in [-0.25, -0.2) is 14.8 Å². The van der Waals surface area contributed by atoms with Crippen molar-refractivity contribution in [2.45, 2.75) is 0 Å². The van der Waals surface area contributed by atoms with Crippen molar-refractivity contribution >= 4 is 33.6 Å². The highest BCUT2D eigenvalue weighted by atomic mass is 32.1. The van der Waals surface area contributed by atoms with Gasteiger partial charge in [0.05, 0.1) is 19.6 Å². The maximum absolute atomic E-state index is 11.2. The van der Waals surface area contributed by atoms with E-state index in [0.717, 1.165) is 15.8 Å². The van der Waals surface area contributed by atoms with Crippen molar-refractivity contribution in [1.82, 2.24) is 9.97 Å². The van der Waals surface area contributed by atoms with Gasteiger partial charge in [-0.05, 0) is 35.2 Å². The minimum Gasteiger partial charge on any atom is -0.493 e. The zero-order valence-electron chi connectivity index (χ0n) is 13.1. The van der Waals surface area contributed by atoms with Crippen LogP contribution in [0.5, 0.6) is 17.4 Å². The van der Waals surface area contributed by atoms with E-state index in [4.69, 9.17) is 9.47 Å². The predicted octanol–water partition coefficient (Wildman–Crippen LogP) is 3.68. The predicted molar refractivity (Wildman–Crippen MR) is 91.5 cm³/mol. The maximum atomic E-state index is 11.2. The molecule has 0 radical (unpaired) electrons. The van der Waals surface area contributed by atoms with Crippen LogP contribution in [0, 0.1) is 0 Å². The Morgan fingerprint density at radius 3 is 2.83 bits per heavy atom. The van der Waals surface area contributed by atoms with Gasteiger partial charge in [-0.15, -0.1) is 11.3 Å². The highest BCUT2D eigenvalue weighted by molar-refractivity contribution is 7.16. The molecular formula is C17H14N2O4S. The molecule has 3 rings (SSSR count). The molecule has 0 saturated carbocycles. The van der Waals surface area contributed by atoms with Crippen molar-refractivity contribution in [3.05, 3.63) is 47.6 Å². The molecule has 7 heteroatoms. The second-order valence-corrected chi connectivity index (χ2v) is 5.58. The van der Waals surface area contributed by atoms with Gasteiger partial charge in [-0.3, -0.25) is 0 Å². The Hall–Kier alpha value is -2.93. The number of fused-ring (bicyclic) bond motifs is 1. The van der Waals surface area contributed by atoms with Crippen LogP contribution in [0.25, 0.3) is 16.3 Å². The Kier molecular flexibility index (Phi) is 4.72. The van der Waals surface area contributed by atoms with Gasteiger partial charge in [0, 0.05) is 6.08 Å². The normalized spacial score (nSPS) is 10.9. The second kappa shape index (κ2) is 7.10. The first-order chi connectivity index (χ1) is 11.7. The van der Waals surface area contributed by atoms with Crippen LogP contribution in [0.1, 0.15) is 5.56 Å². The summed E-state index contributed by atoms with van der Waals surface area (Å²) < 4.78 is 15.8. The van der Waals surface area contributed by atoms with Gasteiger partial charge in [0.25, 0.3) is 0 Å². The van der Waals surface area contributed by atoms with Gasteiger partial charge in [0.2, 0.25) is 5.88 Å². The minimum atomic E-state index is -0.421. The number of carbonyl (C=O) groups is 1. The highest BCUT2D eigenvalue weighted by Gasteiger charge is 2.11. The number of benzene rings is 1. The molecule has 0 aliphatic carbocycles. The molecule has 3 aromatic rings. The lowest BCUT2D eigenvalue weighted by Crippen LogP contribution is -1.95. The number of hydrogen-bond acceptors (Lipinski definition) is 7. The standard InChI is InChI=1S/C17H14N2O4S/c1-21-14-9-11(4-6-15(20)22-2)3-5-13(14)23-16-12-7-8-24-17(12)19-10-18-16/h3-10H,1-2H3/b6-4-. The molecule has 0 amide bonds. The van der Waals surface area contributed by atoms with Crippen molar-refractivity contribution in [2.75, 3.05) is 14.2 Å². The fourth-order valence-electron chi connectivity index (χ4n) is 2.06. The zero-order valence-corrected chi connectivity index (χ0v) is 13.9. The third-order valence-electron chi connectivity index (χ3n) is 3.23. The van der Waals surface area contributed by atoms with E-state index in [1.54, 1.807) is 25.3 Å². The van der Waals surface area contributed by atoms with Crippen molar-refractivity contribution in [1.29, 1.82) is 0 Å². The van der Waals surface area contributed by atoms with E-state index in [0.29, 0.717) is 17.4 Å². The molecule has 0 N–H and O–H groups in total. The fraction of sp³-hybridized carbons (Fsp3) is 0.118. The number of rotatable bonds is 5. The number of hydrogen-bond donors (Lipinski definition) is 0. The SMILES string of the molecule is COC(=O)/C=C\c1ccc(Oc2ncnc3sccc23)c(OC)c1. The lowest BCUT2D eigenvalue weighted by molar-refractivity contribution is -0.134. The molecule has 0 atom stereocenters. The van der Waals surface area contributed by atoms with Crippen LogP contribution in [0.15, 0.2) is 42.0 Å². The van der Waals surface area contributed by atoms with E-state index in [1.165, 1.54) is 30.8 Å². The third-order valence-corrected chi connectivity index (χ3v) is 4.05. The summed E-state index contributed by atoms with van der Waals surface area (Å²) in [5.74, 6) is 1.11. The van der Waals surface area contributed by atoms with Crippen LogP contribution >= 0.6 is 11.3 Å². The number of methoxy groups -OCH3 is 2. The lowest BCUT2D eigenvalue weighted by atomic mass is 10.2. The summed E-state index contributed by atoms with van der Waals surface area (Å²) in [7, 11) is 2.88. The van der Waals surface area contributed by atoms with Crippen LogP contribution in [0.3, 0.4) is 0 Å². The van der Waals surface area contributed by atoms with E-state index in [1.807, 2.05) is 17.5 Å². The van der Waals surface area contributed by atoms with Gasteiger partial charge in [-0.1, -0.05) is 6.07 Å². The fourth-order valence-corrected chi connectivity index (χ4v) is 2.78. The molecule has 0 spiro atoms. The van der Waals surface area contributed by atoms with Crippen molar-refractivity contribution in [3.8, 4) is 17.4 Å². The molecular weight excluding hydrogens is 328 g/mol. The van der Waals surface area contributed by atoms with Crippen LogP contribution in [-0.2, 0) is 9.53 Å². The molecule has 0 unspecified atom stereocenters. The first-order valence-electron chi connectivity index (χ1n) is 7.01. The highest BCUT2D eigenvalue weighted by Crippen LogP contribution is 2.35. The summed E-state index contributed by atoms with van der Waals surface area (Å²) in [5.41, 5.74) is 0.785. The lowest BCUT2D eigenvalue weighted by Gasteiger charge is -2.10. The number of aromatic nitrogens is 2. The summed E-state index contributed by atoms with van der Waals surface area (Å²) in [5, 5.41) is 2.78.